The Morgan fingerprint density at radius 3 is 1.02 bits per heavy atom. The first kappa shape index (κ1) is 87.4. The maximum Gasteiger partial charge on any atom is 0.472 e. The third-order valence-corrected chi connectivity index (χ3v) is 18.3. The molecule has 0 spiro atoms. The highest BCUT2D eigenvalue weighted by atomic mass is 31.2. The molecule has 0 aromatic heterocycles. The largest absolute Gasteiger partial charge is 0.472 e. The number of unbranched alkanes of at least 4 members (excludes halogenated alkanes) is 44. The van der Waals surface area contributed by atoms with Crippen LogP contribution in [0.15, 0.2) is 97.2 Å². The number of carbonyl (C=O) groups excluding carboxylic acids is 1. The van der Waals surface area contributed by atoms with Crippen molar-refractivity contribution in [2.45, 2.75) is 373 Å². The zero-order chi connectivity index (χ0) is 65.5. The molecule has 0 aliphatic heterocycles. The van der Waals surface area contributed by atoms with Gasteiger partial charge in [0, 0.05) is 6.42 Å². The van der Waals surface area contributed by atoms with Crippen LogP contribution in [0.2, 0.25) is 0 Å². The number of aliphatic hydroxyl groups excluding tert-OH is 1. The van der Waals surface area contributed by atoms with Crippen molar-refractivity contribution in [3.63, 3.8) is 0 Å². The molecule has 0 saturated carbocycles. The average molecular weight is 1280 g/mol. The van der Waals surface area contributed by atoms with Gasteiger partial charge < -0.3 is 19.8 Å². The lowest BCUT2D eigenvalue weighted by atomic mass is 10.0. The highest BCUT2D eigenvalue weighted by Gasteiger charge is 2.28. The van der Waals surface area contributed by atoms with Gasteiger partial charge in [0.2, 0.25) is 5.91 Å². The van der Waals surface area contributed by atoms with Gasteiger partial charge >= 0.3 is 7.82 Å². The van der Waals surface area contributed by atoms with E-state index in [-0.39, 0.29) is 19.1 Å². The third-order valence-electron chi connectivity index (χ3n) is 17.3. The number of rotatable bonds is 71. The van der Waals surface area contributed by atoms with Gasteiger partial charge in [0.05, 0.1) is 39.9 Å². The van der Waals surface area contributed by atoms with Crippen LogP contribution in [0.3, 0.4) is 0 Å². The summed E-state index contributed by atoms with van der Waals surface area (Å²) in [5, 5.41) is 14.0. The lowest BCUT2D eigenvalue weighted by Gasteiger charge is -2.25. The zero-order valence-corrected chi connectivity index (χ0v) is 61.0. The van der Waals surface area contributed by atoms with Gasteiger partial charge in [0.15, 0.2) is 0 Å². The molecule has 0 radical (unpaired) electrons. The Hall–Kier alpha value is -2.58. The highest BCUT2D eigenvalue weighted by molar-refractivity contribution is 7.47. The molecule has 0 bridgehead atoms. The van der Waals surface area contributed by atoms with Gasteiger partial charge in [-0.05, 0) is 83.5 Å². The number of amides is 1. The minimum Gasteiger partial charge on any atom is -0.387 e. The summed E-state index contributed by atoms with van der Waals surface area (Å²) >= 11 is 0. The molecule has 0 rings (SSSR count). The van der Waals surface area contributed by atoms with Gasteiger partial charge in [-0.3, -0.25) is 13.8 Å². The van der Waals surface area contributed by atoms with Crippen LogP contribution in [0.5, 0.6) is 0 Å². The fraction of sp³-hybridized carbons (Fsp3) is 0.790. The summed E-state index contributed by atoms with van der Waals surface area (Å²) < 4.78 is 23.9. The zero-order valence-electron chi connectivity index (χ0n) is 60.1. The van der Waals surface area contributed by atoms with Crippen molar-refractivity contribution >= 4 is 13.7 Å². The fourth-order valence-corrected chi connectivity index (χ4v) is 12.1. The molecule has 9 heteroatoms. The molecule has 0 aromatic rings. The molecule has 1 amide bonds. The predicted octanol–water partition coefficient (Wildman–Crippen LogP) is 25.2. The van der Waals surface area contributed by atoms with Crippen LogP contribution in [0.25, 0.3) is 0 Å². The number of aliphatic hydroxyl groups is 1. The maximum atomic E-state index is 13.1. The molecule has 0 aliphatic carbocycles. The van der Waals surface area contributed by atoms with E-state index >= 15 is 0 Å². The monoisotopic (exact) mass is 1280 g/mol. The van der Waals surface area contributed by atoms with E-state index in [0.717, 1.165) is 77.0 Å². The molecule has 3 unspecified atom stereocenters. The third kappa shape index (κ3) is 72.8. The summed E-state index contributed by atoms with van der Waals surface area (Å²) in [6, 6.07) is -0.869. The molecule has 90 heavy (non-hydrogen) atoms. The Kier molecular flexibility index (Phi) is 68.7. The Bertz CT molecular complexity index is 1790. The number of nitrogens with zero attached hydrogens (tertiary/aromatic N) is 1. The van der Waals surface area contributed by atoms with E-state index in [9.17, 15) is 19.4 Å². The molecule has 8 nitrogen and oxygen atoms in total. The van der Waals surface area contributed by atoms with Crippen molar-refractivity contribution in [3.05, 3.63) is 97.2 Å². The number of quaternary nitrogens is 1. The molecule has 524 valence electrons. The second-order valence-corrected chi connectivity index (χ2v) is 28.8. The van der Waals surface area contributed by atoms with E-state index in [1.165, 1.54) is 263 Å². The number of likely N-dealkylation sites (N-methyl/N-ethyl adjacent to an activating group) is 1. The van der Waals surface area contributed by atoms with Gasteiger partial charge in [-0.2, -0.15) is 0 Å². The highest BCUT2D eigenvalue weighted by Crippen LogP contribution is 2.43. The number of hydrogen-bond acceptors (Lipinski definition) is 5. The number of phosphoric acid groups is 1. The maximum absolute atomic E-state index is 13.1. The summed E-state index contributed by atoms with van der Waals surface area (Å²) in [5.74, 6) is -0.183. The van der Waals surface area contributed by atoms with Gasteiger partial charge in [-0.1, -0.05) is 368 Å². The van der Waals surface area contributed by atoms with E-state index in [2.05, 4.69) is 104 Å². The Balaban J connectivity index is 4.03. The Labute approximate surface area is 559 Å². The summed E-state index contributed by atoms with van der Waals surface area (Å²) in [7, 11) is 1.56. The van der Waals surface area contributed by atoms with Gasteiger partial charge in [0.25, 0.3) is 0 Å². The first-order chi connectivity index (χ1) is 44.0. The van der Waals surface area contributed by atoms with Crippen LogP contribution in [-0.4, -0.2) is 73.4 Å². The van der Waals surface area contributed by atoms with Gasteiger partial charge in [0.1, 0.15) is 13.2 Å². The van der Waals surface area contributed by atoms with E-state index in [4.69, 9.17) is 9.05 Å². The van der Waals surface area contributed by atoms with E-state index < -0.39 is 20.0 Å². The lowest BCUT2D eigenvalue weighted by molar-refractivity contribution is -0.870. The van der Waals surface area contributed by atoms with Crippen LogP contribution in [-0.2, 0) is 18.4 Å². The SMILES string of the molecule is CC/C=C\C/C=C\C/C=C\C/C=C\C/C=C\C/C=C\CCCCCCCCCCCCCCCCCCCCC(=O)NC(COP(=O)(O)OCC[N+](C)(C)C)C(O)/C=C/CC/C=C/CCCCCCCCCCCCCCCCCCCCCCCCCCC. The number of phosphoric ester groups is 1. The smallest absolute Gasteiger partial charge is 0.387 e. The molecule has 3 atom stereocenters. The predicted molar refractivity (Wildman–Crippen MR) is 396 cm³/mol. The van der Waals surface area contributed by atoms with E-state index in [0.29, 0.717) is 17.4 Å². The van der Waals surface area contributed by atoms with Crippen LogP contribution in [0, 0.1) is 0 Å². The van der Waals surface area contributed by atoms with E-state index in [1.807, 2.05) is 27.2 Å². The Morgan fingerprint density at radius 2 is 0.678 bits per heavy atom. The standard InChI is InChI=1S/C81H149N2O6P/c1-6-8-10-12-14-16-18-20-22-24-26-28-30-32-34-36-38-39-40-41-42-43-45-47-49-51-53-55-57-59-61-63-65-67-69-71-73-75-81(85)82-79(78-89-90(86,87)88-77-76-83(3,4)5)80(84)74-72-70-68-66-64-62-60-58-56-54-52-50-48-46-44-37-35-33-31-29-27-25-23-21-19-17-15-13-11-9-7-2/h8,10,14,16,20,22,26,28,32,34,38-39,64,66,72,74,79-80,84H,6-7,9,11-13,15,17-19,21,23-25,27,29-31,33,35-37,40-63,65,67-71,73,75-78H2,1-5H3,(H-,82,85,86,87)/p+1/b10-8-,16-14-,22-20-,28-26-,34-32-,39-38-,66-64+,74-72+. The molecule has 3 N–H and O–H groups in total. The second-order valence-electron chi connectivity index (χ2n) is 27.3. The summed E-state index contributed by atoms with van der Waals surface area (Å²) in [4.78, 5) is 23.5. The average Bonchev–Trinajstić information content (AvgIpc) is 3.18. The molecule has 0 saturated heterocycles. The van der Waals surface area contributed by atoms with Crippen molar-refractivity contribution in [3.8, 4) is 0 Å². The molecule has 0 aromatic carbocycles. The molecule has 0 fully saturated rings. The minimum atomic E-state index is -4.37. The Morgan fingerprint density at radius 1 is 0.389 bits per heavy atom. The normalized spacial score (nSPS) is 14.1. The summed E-state index contributed by atoms with van der Waals surface area (Å²) in [6.07, 6.45) is 103. The van der Waals surface area contributed by atoms with Crippen LogP contribution in [0.1, 0.15) is 361 Å². The van der Waals surface area contributed by atoms with Crippen LogP contribution < -0.4 is 5.32 Å². The van der Waals surface area contributed by atoms with Crippen molar-refractivity contribution in [1.29, 1.82) is 0 Å². The second kappa shape index (κ2) is 70.7. The number of nitrogens with one attached hydrogen (secondary N) is 1. The molecular formula is C81H150N2O6P+. The molecule has 0 aliphatic rings. The first-order valence-corrected chi connectivity index (χ1v) is 40.1. The summed E-state index contributed by atoms with van der Waals surface area (Å²) in [5.41, 5.74) is 0. The lowest BCUT2D eigenvalue weighted by Crippen LogP contribution is -2.45. The van der Waals surface area contributed by atoms with Crippen LogP contribution in [0.4, 0.5) is 0 Å². The van der Waals surface area contributed by atoms with Crippen molar-refractivity contribution in [1.82, 2.24) is 5.32 Å². The van der Waals surface area contributed by atoms with Crippen molar-refractivity contribution < 1.29 is 32.9 Å². The molecule has 0 heterocycles. The fourth-order valence-electron chi connectivity index (χ4n) is 11.4. The van der Waals surface area contributed by atoms with Gasteiger partial charge in [-0.15, -0.1) is 0 Å². The van der Waals surface area contributed by atoms with Crippen molar-refractivity contribution in [2.24, 2.45) is 0 Å². The quantitative estimate of drug-likeness (QED) is 0.0243. The summed E-state index contributed by atoms with van der Waals surface area (Å²) in [6.45, 7) is 4.72. The topological polar surface area (TPSA) is 105 Å². The minimum absolute atomic E-state index is 0.0546. The number of allylic oxidation sites excluding steroid dienone is 15. The molecular weight excluding hydrogens is 1130 g/mol. The van der Waals surface area contributed by atoms with Crippen molar-refractivity contribution in [2.75, 3.05) is 40.9 Å². The first-order valence-electron chi connectivity index (χ1n) is 38.6. The van der Waals surface area contributed by atoms with E-state index in [1.54, 1.807) is 6.08 Å². The van der Waals surface area contributed by atoms with Crippen LogP contribution >= 0.6 is 7.82 Å². The number of hydrogen-bond donors (Lipinski definition) is 3. The van der Waals surface area contributed by atoms with Gasteiger partial charge in [-0.25, -0.2) is 4.57 Å². The number of carbonyl (C=O) groups is 1.